The number of hydrogen-bond donors (Lipinski definition) is 6. The van der Waals surface area contributed by atoms with Crippen LogP contribution in [0.25, 0.3) is 32.9 Å². The van der Waals surface area contributed by atoms with Gasteiger partial charge >= 0.3 is 0 Å². The number of nitrogens with zero attached hydrogens (tertiary/aromatic N) is 4. The van der Waals surface area contributed by atoms with Crippen LogP contribution in [0.1, 0.15) is 48.7 Å². The second-order valence-electron chi connectivity index (χ2n) is 13.4. The van der Waals surface area contributed by atoms with E-state index in [1.807, 2.05) is 27.7 Å². The lowest BCUT2D eigenvalue weighted by Crippen LogP contribution is -2.33. The van der Waals surface area contributed by atoms with Crippen LogP contribution in [-0.4, -0.2) is 92.4 Å². The fourth-order valence-electron chi connectivity index (χ4n) is 5.16. The van der Waals surface area contributed by atoms with Crippen LogP contribution < -0.4 is 38.0 Å². The Balaban J connectivity index is 0.000000199. The molecule has 2 atom stereocenters. The van der Waals surface area contributed by atoms with Crippen molar-refractivity contribution in [1.29, 1.82) is 0 Å². The van der Waals surface area contributed by atoms with Crippen LogP contribution in [0.2, 0.25) is 0 Å². The van der Waals surface area contributed by atoms with E-state index in [0.717, 1.165) is 9.36 Å². The van der Waals surface area contributed by atoms with Crippen LogP contribution in [0, 0.1) is 0 Å². The summed E-state index contributed by atoms with van der Waals surface area (Å²) in [6.45, 7) is 6.57. The predicted octanol–water partition coefficient (Wildman–Crippen LogP) is 4.10. The van der Waals surface area contributed by atoms with Crippen molar-refractivity contribution in [1.82, 2.24) is 30.2 Å². The molecule has 4 aromatic heterocycles. The van der Waals surface area contributed by atoms with Gasteiger partial charge in [0.05, 0.1) is 38.8 Å². The summed E-state index contributed by atoms with van der Waals surface area (Å²) in [5, 5.41) is 38.0. The highest BCUT2D eigenvalue weighted by Gasteiger charge is 2.23. The fraction of sp³-hybridized carbons (Fsp3) is 0.316. The molecule has 7 rings (SSSR count). The lowest BCUT2D eigenvalue weighted by molar-refractivity contribution is 0.0842. The molecule has 6 aromatic rings. The number of rotatable bonds is 11. The molecule has 20 heteroatoms. The van der Waals surface area contributed by atoms with Gasteiger partial charge in [-0.15, -0.1) is 22.7 Å². The van der Waals surface area contributed by atoms with E-state index in [9.17, 15) is 38.2 Å². The quantitative estimate of drug-likeness (QED) is 0.101. The van der Waals surface area contributed by atoms with Gasteiger partial charge in [0.15, 0.2) is 11.4 Å². The van der Waals surface area contributed by atoms with E-state index in [-0.39, 0.29) is 65.3 Å². The number of epoxide rings is 1. The minimum atomic E-state index is -1.20. The van der Waals surface area contributed by atoms with Gasteiger partial charge < -0.3 is 41.8 Å². The molecule has 0 radical (unpaired) electrons. The number of aliphatic hydroxyl groups is 1. The number of carbonyl (C=O) groups excluding carboxylic acids is 2. The molecule has 0 saturated carbocycles. The number of fused-ring (bicyclic) bond motifs is 2. The molecule has 0 spiro atoms. The molecule has 1 aliphatic heterocycles. The number of halogens is 2. The number of nitrogens with one attached hydrogen (secondary N) is 2. The number of amides is 2. The van der Waals surface area contributed by atoms with E-state index < -0.39 is 29.8 Å². The van der Waals surface area contributed by atoms with Crippen molar-refractivity contribution in [3.63, 3.8) is 0 Å². The molecule has 8 N–H and O–H groups in total. The Morgan fingerprint density at radius 3 is 1.64 bits per heavy atom. The zero-order chi connectivity index (χ0) is 42.3. The molecule has 0 aliphatic carbocycles. The monoisotopic (exact) mass is 840 g/mol. The van der Waals surface area contributed by atoms with Gasteiger partial charge in [0.25, 0.3) is 22.9 Å². The summed E-state index contributed by atoms with van der Waals surface area (Å²) in [7, 11) is 0. The molecule has 2 aromatic carbocycles. The van der Waals surface area contributed by atoms with Crippen molar-refractivity contribution in [3.05, 3.63) is 91.4 Å². The van der Waals surface area contributed by atoms with Crippen molar-refractivity contribution < 1.29 is 38.1 Å². The molecule has 1 saturated heterocycles. The highest BCUT2D eigenvalue weighted by Crippen LogP contribution is 2.29. The van der Waals surface area contributed by atoms with Crippen molar-refractivity contribution in [2.75, 3.05) is 38.0 Å². The van der Waals surface area contributed by atoms with Gasteiger partial charge in [-0.25, -0.2) is 8.78 Å². The zero-order valence-corrected chi connectivity index (χ0v) is 33.4. The summed E-state index contributed by atoms with van der Waals surface area (Å²) < 4.78 is 35.4. The van der Waals surface area contributed by atoms with Gasteiger partial charge in [-0.2, -0.15) is 19.6 Å². The van der Waals surface area contributed by atoms with Crippen LogP contribution in [0.4, 0.5) is 18.8 Å². The van der Waals surface area contributed by atoms with Crippen LogP contribution in [-0.2, 0) is 4.74 Å². The molecule has 2 amide bonds. The maximum atomic E-state index is 12.9. The molecule has 5 heterocycles. The number of phenolic OH excluding ortho intramolecular Hbond substituents is 1. The predicted molar refractivity (Wildman–Crippen MR) is 219 cm³/mol. The smallest absolute Gasteiger partial charge is 0.282 e. The number of aromatic hydroxyl groups is 1. The Morgan fingerprint density at radius 1 is 0.845 bits per heavy atom. The van der Waals surface area contributed by atoms with Gasteiger partial charge in [0.2, 0.25) is 0 Å². The number of nitrogens with two attached hydrogens (primary N) is 2. The molecular formula is C38H42F2N8O8S2. The average molecular weight is 841 g/mol. The number of ether oxygens (including phenoxy) is 2. The zero-order valence-electron chi connectivity index (χ0n) is 31.8. The lowest BCUT2D eigenvalue weighted by atomic mass is 10.2. The van der Waals surface area contributed by atoms with Crippen molar-refractivity contribution >= 4 is 66.0 Å². The number of aliphatic hydroxyl groups excluding tert-OH is 1. The van der Waals surface area contributed by atoms with Crippen molar-refractivity contribution in [2.45, 2.75) is 52.0 Å². The molecule has 1 fully saturated rings. The SMILES string of the molecule is CC(C)NC(=O)c1nn(-c2ccc(O)cc2)c(=O)c2c(N)scc12.CC(C)NC(=O)c1nn(-c2ccc(OCC(O)CF)cc2)c(=O)c2c(N)scc12.FCC1CO1. The van der Waals surface area contributed by atoms with E-state index >= 15 is 0 Å². The first-order valence-electron chi connectivity index (χ1n) is 17.8. The summed E-state index contributed by atoms with van der Waals surface area (Å²) in [6.07, 6.45) is -1.24. The molecule has 1 aliphatic rings. The number of hydrogen-bond acceptors (Lipinski definition) is 14. The van der Waals surface area contributed by atoms with Gasteiger partial charge in [-0.3, -0.25) is 19.2 Å². The van der Waals surface area contributed by atoms with Crippen LogP contribution in [0.15, 0.2) is 68.9 Å². The molecule has 16 nitrogen and oxygen atoms in total. The number of phenols is 1. The maximum absolute atomic E-state index is 12.9. The number of nitrogen functional groups attached to an aromatic ring is 2. The fourth-order valence-corrected chi connectivity index (χ4v) is 6.74. The molecule has 58 heavy (non-hydrogen) atoms. The largest absolute Gasteiger partial charge is 0.508 e. The third-order valence-corrected chi connectivity index (χ3v) is 9.63. The second-order valence-corrected chi connectivity index (χ2v) is 15.2. The van der Waals surface area contributed by atoms with Crippen LogP contribution in [0.3, 0.4) is 0 Å². The Kier molecular flexibility index (Phi) is 14.1. The first kappa shape index (κ1) is 43.2. The molecule has 0 bridgehead atoms. The van der Waals surface area contributed by atoms with E-state index in [0.29, 0.717) is 44.5 Å². The van der Waals surface area contributed by atoms with Gasteiger partial charge in [0, 0.05) is 33.6 Å². The van der Waals surface area contributed by atoms with Gasteiger partial charge in [-0.1, -0.05) is 0 Å². The molecular weight excluding hydrogens is 799 g/mol. The van der Waals surface area contributed by atoms with Gasteiger partial charge in [-0.05, 0) is 76.2 Å². The number of alkyl halides is 2. The molecule has 2 unspecified atom stereocenters. The maximum Gasteiger partial charge on any atom is 0.282 e. The summed E-state index contributed by atoms with van der Waals surface area (Å²) in [6, 6.07) is 12.1. The standard InChI is InChI=1S/C19H21FN4O4S.C16H16N4O3S.C3H5FO/c1-10(2)22-18(26)16-14-9-29-17(21)15(14)19(27)24(23-16)11-3-5-13(6-4-11)28-8-12(25)7-20;1-8(2)18-15(22)13-11-7-24-14(17)12(11)16(23)20(19-13)9-3-5-10(21)6-4-9;4-1-3-2-5-3/h3-6,9-10,12,25H,7-8,21H2,1-2H3,(H,22,26);3-8,21H,17H2,1-2H3,(H,18,22);3H,1-2H2. The minimum absolute atomic E-state index is 0.0324. The Labute approximate surface area is 337 Å². The lowest BCUT2D eigenvalue weighted by Gasteiger charge is -2.12. The van der Waals surface area contributed by atoms with Crippen LogP contribution in [0.5, 0.6) is 11.5 Å². The number of aromatic nitrogens is 4. The highest BCUT2D eigenvalue weighted by molar-refractivity contribution is 7.16. The number of benzene rings is 2. The topological polar surface area (TPSA) is 242 Å². The first-order valence-corrected chi connectivity index (χ1v) is 19.5. The summed E-state index contributed by atoms with van der Waals surface area (Å²) >= 11 is 2.36. The Bertz CT molecular complexity index is 2500. The van der Waals surface area contributed by atoms with E-state index in [1.54, 1.807) is 47.2 Å². The van der Waals surface area contributed by atoms with E-state index in [4.69, 9.17) is 16.2 Å². The molecule has 308 valence electrons. The van der Waals surface area contributed by atoms with Crippen LogP contribution >= 0.6 is 22.7 Å². The summed E-state index contributed by atoms with van der Waals surface area (Å²) in [5.41, 5.74) is 12.1. The first-order chi connectivity index (χ1) is 27.6. The number of anilines is 2. The van der Waals surface area contributed by atoms with Crippen molar-refractivity contribution in [2.24, 2.45) is 0 Å². The number of carbonyl (C=O) groups is 2. The summed E-state index contributed by atoms with van der Waals surface area (Å²) in [4.78, 5) is 50.7. The second kappa shape index (κ2) is 19.0. The third-order valence-electron chi connectivity index (χ3n) is 8.00. The van der Waals surface area contributed by atoms with Crippen molar-refractivity contribution in [3.8, 4) is 22.9 Å². The third kappa shape index (κ3) is 10.3. The summed E-state index contributed by atoms with van der Waals surface area (Å²) in [5.74, 6) is -0.319. The van der Waals surface area contributed by atoms with E-state index in [2.05, 4.69) is 25.6 Å². The Morgan fingerprint density at radius 2 is 1.28 bits per heavy atom. The normalized spacial score (nSPS) is 13.7. The highest BCUT2D eigenvalue weighted by atomic mass is 32.1. The average Bonchev–Trinajstić information content (AvgIpc) is 3.85. The van der Waals surface area contributed by atoms with Gasteiger partial charge in [0.1, 0.15) is 43.7 Å². The van der Waals surface area contributed by atoms with E-state index in [1.165, 1.54) is 34.8 Å². The Hall–Kier alpha value is -5.96. The minimum Gasteiger partial charge on any atom is -0.508 e. The number of thiophene rings is 2.